The number of nitrogens with one attached hydrogen (secondary N) is 2. The Hall–Kier alpha value is -3.99. The molecule has 0 aliphatic rings. The number of rotatable bonds is 14. The first-order chi connectivity index (χ1) is 19.2. The van der Waals surface area contributed by atoms with Gasteiger partial charge in [0.2, 0.25) is 16.9 Å². The molecule has 0 aliphatic heterocycles. The van der Waals surface area contributed by atoms with E-state index >= 15 is 0 Å². The van der Waals surface area contributed by atoms with Gasteiger partial charge < -0.3 is 26.8 Å². The van der Waals surface area contributed by atoms with Gasteiger partial charge in [-0.1, -0.05) is 55.1 Å². The SMILES string of the molecule is C/C=C\C=C(/C)CC(=O)N/C(N)=C/C=C(\N)CCCCc1nnc(NC(=O)Cc2ccc(F)c(OC)c2)s1.CC. The van der Waals surface area contributed by atoms with Gasteiger partial charge in [-0.3, -0.25) is 9.59 Å². The first-order valence-corrected chi connectivity index (χ1v) is 14.0. The van der Waals surface area contributed by atoms with E-state index in [4.69, 9.17) is 16.2 Å². The molecule has 0 aliphatic carbocycles. The first kappa shape index (κ1) is 34.0. The number of unbranched alkanes of at least 4 members (excludes halogenated alkanes) is 1. The van der Waals surface area contributed by atoms with E-state index < -0.39 is 5.82 Å². The van der Waals surface area contributed by atoms with Crippen LogP contribution >= 0.6 is 11.3 Å². The molecular weight excluding hydrogens is 531 g/mol. The molecule has 0 fully saturated rings. The number of aryl methyl sites for hydroxylation is 1. The molecule has 0 bridgehead atoms. The zero-order valence-corrected chi connectivity index (χ0v) is 24.7. The Bertz CT molecular complexity index is 1220. The van der Waals surface area contributed by atoms with Crippen molar-refractivity contribution in [1.29, 1.82) is 0 Å². The van der Waals surface area contributed by atoms with Crippen molar-refractivity contribution in [2.45, 2.75) is 66.2 Å². The number of ether oxygens (including phenoxy) is 1. The van der Waals surface area contributed by atoms with Crippen molar-refractivity contribution >= 4 is 28.3 Å². The Kier molecular flexibility index (Phi) is 16.3. The number of anilines is 1. The topological polar surface area (TPSA) is 145 Å². The third kappa shape index (κ3) is 13.7. The molecule has 2 rings (SSSR count). The summed E-state index contributed by atoms with van der Waals surface area (Å²) in [6.45, 7) is 7.79. The van der Waals surface area contributed by atoms with Gasteiger partial charge in [-0.2, -0.15) is 0 Å². The van der Waals surface area contributed by atoms with Crippen LogP contribution in [0.1, 0.15) is 63.9 Å². The molecule has 1 heterocycles. The van der Waals surface area contributed by atoms with Gasteiger partial charge in [0, 0.05) is 18.5 Å². The lowest BCUT2D eigenvalue weighted by Crippen LogP contribution is -2.27. The van der Waals surface area contributed by atoms with Crippen LogP contribution in [0.15, 0.2) is 65.7 Å². The molecule has 2 amide bonds. The number of hydrogen-bond acceptors (Lipinski definition) is 8. The van der Waals surface area contributed by atoms with Crippen LogP contribution in [0.5, 0.6) is 5.75 Å². The molecule has 1 aromatic heterocycles. The van der Waals surface area contributed by atoms with E-state index in [2.05, 4.69) is 20.8 Å². The normalized spacial score (nSPS) is 12.1. The molecular formula is C29H41FN6O3S. The van der Waals surface area contributed by atoms with Crippen molar-refractivity contribution in [3.05, 3.63) is 82.1 Å². The molecule has 0 saturated heterocycles. The smallest absolute Gasteiger partial charge is 0.230 e. The van der Waals surface area contributed by atoms with E-state index in [0.717, 1.165) is 23.4 Å². The van der Waals surface area contributed by atoms with E-state index in [1.54, 1.807) is 12.2 Å². The molecule has 0 atom stereocenters. The molecule has 0 saturated carbocycles. The fraction of sp³-hybridized carbons (Fsp3) is 0.379. The second-order valence-electron chi connectivity index (χ2n) is 8.53. The Morgan fingerprint density at radius 1 is 1.10 bits per heavy atom. The van der Waals surface area contributed by atoms with Crippen molar-refractivity contribution in [3.63, 3.8) is 0 Å². The monoisotopic (exact) mass is 572 g/mol. The standard InChI is InChI=1S/C27H35FN6O3S.C2H6/c1-4-5-8-18(2)15-24(35)31-23(30)14-12-20(29)9-6-7-10-26-33-34-27(38-26)32-25(36)17-19-11-13-21(28)22(16-19)37-3;1-2/h4-5,8,11-14,16H,6-7,9-10,15,17,29-30H2,1-3H3,(H,31,35)(H,32,34,36);1-2H3/b5-4-,18-8+,20-12-,23-14+;. The number of halogens is 1. The van der Waals surface area contributed by atoms with E-state index in [0.29, 0.717) is 29.2 Å². The Labute approximate surface area is 240 Å². The third-order valence-electron chi connectivity index (χ3n) is 5.17. The molecule has 0 radical (unpaired) electrons. The van der Waals surface area contributed by atoms with Crippen molar-refractivity contribution in [1.82, 2.24) is 15.5 Å². The van der Waals surface area contributed by atoms with Crippen LogP contribution in [0, 0.1) is 5.82 Å². The molecule has 0 unspecified atom stereocenters. The fourth-order valence-electron chi connectivity index (χ4n) is 3.27. The van der Waals surface area contributed by atoms with Crippen molar-refractivity contribution in [2.24, 2.45) is 11.5 Å². The molecule has 11 heteroatoms. The highest BCUT2D eigenvalue weighted by atomic mass is 32.1. The third-order valence-corrected chi connectivity index (χ3v) is 6.07. The minimum Gasteiger partial charge on any atom is -0.494 e. The minimum atomic E-state index is -0.480. The predicted octanol–water partition coefficient (Wildman–Crippen LogP) is 5.28. The summed E-state index contributed by atoms with van der Waals surface area (Å²) in [6, 6.07) is 4.30. The van der Waals surface area contributed by atoms with E-state index in [-0.39, 0.29) is 36.2 Å². The Balaban J connectivity index is 0.00000391. The number of carbonyl (C=O) groups is 2. The van der Waals surface area contributed by atoms with Crippen LogP contribution in [-0.4, -0.2) is 29.1 Å². The van der Waals surface area contributed by atoms with Gasteiger partial charge in [-0.15, -0.1) is 10.2 Å². The lowest BCUT2D eigenvalue weighted by molar-refractivity contribution is -0.119. The number of nitrogens with two attached hydrogens (primary N) is 2. The molecule has 6 N–H and O–H groups in total. The molecule has 0 spiro atoms. The average molecular weight is 573 g/mol. The highest BCUT2D eigenvalue weighted by Crippen LogP contribution is 2.20. The number of allylic oxidation sites excluding steroid dienone is 6. The van der Waals surface area contributed by atoms with Crippen LogP contribution in [0.4, 0.5) is 9.52 Å². The van der Waals surface area contributed by atoms with Crippen LogP contribution < -0.4 is 26.8 Å². The lowest BCUT2D eigenvalue weighted by Gasteiger charge is -2.05. The zero-order valence-electron chi connectivity index (χ0n) is 23.9. The maximum Gasteiger partial charge on any atom is 0.230 e. The molecule has 40 heavy (non-hydrogen) atoms. The van der Waals surface area contributed by atoms with E-state index in [1.165, 1.54) is 36.6 Å². The predicted molar refractivity (Wildman–Crippen MR) is 160 cm³/mol. The highest BCUT2D eigenvalue weighted by Gasteiger charge is 2.11. The summed E-state index contributed by atoms with van der Waals surface area (Å²) in [5, 5.41) is 14.7. The van der Waals surface area contributed by atoms with Crippen LogP contribution in [0.3, 0.4) is 0 Å². The van der Waals surface area contributed by atoms with Gasteiger partial charge in [-0.05, 0) is 63.0 Å². The Morgan fingerprint density at radius 2 is 1.85 bits per heavy atom. The minimum absolute atomic E-state index is 0.0626. The lowest BCUT2D eigenvalue weighted by atomic mass is 10.1. The van der Waals surface area contributed by atoms with Gasteiger partial charge in [-0.25, -0.2) is 4.39 Å². The number of carbonyl (C=O) groups excluding carboxylic acids is 2. The quantitative estimate of drug-likeness (QED) is 0.178. The van der Waals surface area contributed by atoms with Crippen molar-refractivity contribution in [3.8, 4) is 5.75 Å². The number of methoxy groups -OCH3 is 1. The van der Waals surface area contributed by atoms with Gasteiger partial charge >= 0.3 is 0 Å². The van der Waals surface area contributed by atoms with Gasteiger partial charge in [0.1, 0.15) is 10.8 Å². The largest absolute Gasteiger partial charge is 0.494 e. The van der Waals surface area contributed by atoms with Crippen molar-refractivity contribution in [2.75, 3.05) is 12.4 Å². The van der Waals surface area contributed by atoms with Crippen molar-refractivity contribution < 1.29 is 18.7 Å². The average Bonchev–Trinajstić information content (AvgIpc) is 3.37. The van der Waals surface area contributed by atoms with Crippen LogP contribution in [-0.2, 0) is 22.4 Å². The number of amides is 2. The van der Waals surface area contributed by atoms with Crippen LogP contribution in [0.2, 0.25) is 0 Å². The van der Waals surface area contributed by atoms with Crippen LogP contribution in [0.25, 0.3) is 0 Å². The van der Waals surface area contributed by atoms with E-state index in [1.807, 2.05) is 45.9 Å². The summed E-state index contributed by atoms with van der Waals surface area (Å²) in [4.78, 5) is 24.3. The second-order valence-corrected chi connectivity index (χ2v) is 9.59. The molecule has 218 valence electrons. The Morgan fingerprint density at radius 3 is 2.55 bits per heavy atom. The summed E-state index contributed by atoms with van der Waals surface area (Å²) in [5.74, 6) is -0.616. The number of nitrogens with zero attached hydrogens (tertiary/aromatic N) is 2. The van der Waals surface area contributed by atoms with Gasteiger partial charge in [0.25, 0.3) is 0 Å². The van der Waals surface area contributed by atoms with Gasteiger partial charge in [0.15, 0.2) is 11.6 Å². The van der Waals surface area contributed by atoms with E-state index in [9.17, 15) is 14.0 Å². The summed E-state index contributed by atoms with van der Waals surface area (Å²) in [5.41, 5.74) is 14.1. The summed E-state index contributed by atoms with van der Waals surface area (Å²) < 4.78 is 18.5. The maximum absolute atomic E-state index is 13.5. The number of hydrogen-bond donors (Lipinski definition) is 4. The number of benzene rings is 1. The highest BCUT2D eigenvalue weighted by molar-refractivity contribution is 7.15. The first-order valence-electron chi connectivity index (χ1n) is 13.1. The number of aromatic nitrogens is 2. The maximum atomic E-state index is 13.5. The molecule has 1 aromatic carbocycles. The second kappa shape index (κ2) is 19.1. The fourth-order valence-corrected chi connectivity index (χ4v) is 4.07. The zero-order chi connectivity index (χ0) is 29.9. The van der Waals surface area contributed by atoms with Gasteiger partial charge in [0.05, 0.1) is 13.5 Å². The summed E-state index contributed by atoms with van der Waals surface area (Å²) in [7, 11) is 1.37. The molecule has 2 aromatic rings. The summed E-state index contributed by atoms with van der Waals surface area (Å²) >= 11 is 1.31. The molecule has 9 nitrogen and oxygen atoms in total. The summed E-state index contributed by atoms with van der Waals surface area (Å²) in [6.07, 6.45) is 12.3.